The quantitative estimate of drug-likeness (QED) is 0.0264. The van der Waals surface area contributed by atoms with Gasteiger partial charge in [-0.1, -0.05) is 120 Å². The average Bonchev–Trinajstić information content (AvgIpc) is 3.36. The van der Waals surface area contributed by atoms with Gasteiger partial charge in [0.25, 0.3) is 0 Å². The zero-order valence-electron chi connectivity index (χ0n) is 36.6. The van der Waals surface area contributed by atoms with E-state index in [1.165, 1.54) is 50.4 Å². The number of esters is 4. The maximum Gasteiger partial charge on any atom is 0.338 e. The monoisotopic (exact) mass is 915 g/mol. The van der Waals surface area contributed by atoms with Crippen molar-refractivity contribution in [2.45, 2.75) is 81.5 Å². The lowest BCUT2D eigenvalue weighted by Gasteiger charge is -2.46. The Morgan fingerprint density at radius 2 is 0.955 bits per heavy atom. The SMILES string of the molecule is CO[C@H]1O[C@H](CO[C@@H]2O[C@H](COCc3ccccc3)[C@@H](OC(C)=O)[C@H](OCc3ccccc3)[C@H]2N=[N+]=[N-])[C@@H](OC(=O)c2ccccc2)[C@H](OC(=O)c2ccccc2)[C@H]1OC(=O)c1ccccc1. The number of hydrogen-bond acceptors (Lipinski definition) is 15. The maximum atomic E-state index is 14.0. The molecule has 0 amide bonds. The molecule has 7 rings (SSSR count). The molecular weight excluding hydrogens is 867 g/mol. The third-order valence-electron chi connectivity index (χ3n) is 10.8. The Hall–Kier alpha value is -6.95. The zero-order valence-corrected chi connectivity index (χ0v) is 36.6. The fourth-order valence-corrected chi connectivity index (χ4v) is 7.60. The van der Waals surface area contributed by atoms with Gasteiger partial charge in [0.1, 0.15) is 24.4 Å². The van der Waals surface area contributed by atoms with Gasteiger partial charge in [-0.25, -0.2) is 14.4 Å². The van der Waals surface area contributed by atoms with Crippen LogP contribution in [0.2, 0.25) is 0 Å². The standard InChI is InChI=1S/C50H49N3O14/c1-32(54)62-41-38(30-59-28-33-18-8-3-9-19-33)63-49(40(52-53-51)43(41)60-29-34-20-10-4-11-21-34)61-31-39-42(65-46(55)35-22-12-5-13-23-35)44(66-47(56)36-24-14-6-15-25-36)45(50(58-2)64-39)67-48(57)37-26-16-7-17-27-37/h3-27,38-45,49-50H,28-31H2,1-2H3/t38-,39-,40-,41-,42-,43-,44+,45-,49-,50+/m1/s1. The number of hydrogen-bond donors (Lipinski definition) is 0. The summed E-state index contributed by atoms with van der Waals surface area (Å²) < 4.78 is 61.7. The molecule has 2 fully saturated rings. The van der Waals surface area contributed by atoms with Crippen molar-refractivity contribution in [1.82, 2.24) is 0 Å². The number of methoxy groups -OCH3 is 1. The van der Waals surface area contributed by atoms with Gasteiger partial charge < -0.3 is 47.4 Å². The minimum Gasteiger partial charge on any atom is -0.457 e. The molecule has 2 aliphatic heterocycles. The van der Waals surface area contributed by atoms with Gasteiger partial charge in [0.05, 0.1) is 43.1 Å². The molecule has 0 radical (unpaired) electrons. The lowest BCUT2D eigenvalue weighted by Crippen LogP contribution is -2.64. The minimum atomic E-state index is -1.57. The number of carbonyl (C=O) groups is 4. The van der Waals surface area contributed by atoms with Crippen molar-refractivity contribution in [3.8, 4) is 0 Å². The minimum absolute atomic E-state index is 0.0152. The third-order valence-corrected chi connectivity index (χ3v) is 10.8. The fourth-order valence-electron chi connectivity index (χ4n) is 7.60. The summed E-state index contributed by atoms with van der Waals surface area (Å²) in [5.74, 6) is -3.14. The summed E-state index contributed by atoms with van der Waals surface area (Å²) in [6.45, 7) is 0.790. The molecule has 0 unspecified atom stereocenters. The first-order valence-corrected chi connectivity index (χ1v) is 21.4. The molecule has 0 aromatic heterocycles. The van der Waals surface area contributed by atoms with E-state index in [1.807, 2.05) is 60.7 Å². The summed E-state index contributed by atoms with van der Waals surface area (Å²) in [4.78, 5) is 57.3. The van der Waals surface area contributed by atoms with Crippen molar-refractivity contribution in [1.29, 1.82) is 0 Å². The smallest absolute Gasteiger partial charge is 0.338 e. The van der Waals surface area contributed by atoms with E-state index in [1.54, 1.807) is 54.6 Å². The highest BCUT2D eigenvalue weighted by Crippen LogP contribution is 2.34. The van der Waals surface area contributed by atoms with Gasteiger partial charge in [-0.3, -0.25) is 4.79 Å². The molecule has 5 aromatic carbocycles. The molecular formula is C50H49N3O14. The van der Waals surface area contributed by atoms with Crippen molar-refractivity contribution in [2.75, 3.05) is 20.3 Å². The van der Waals surface area contributed by atoms with Gasteiger partial charge in [0, 0.05) is 18.9 Å². The second-order valence-corrected chi connectivity index (χ2v) is 15.4. The van der Waals surface area contributed by atoms with Crippen LogP contribution < -0.4 is 0 Å². The summed E-state index contributed by atoms with van der Waals surface area (Å²) in [6, 6.07) is 41.5. The van der Waals surface area contributed by atoms with Crippen LogP contribution in [0.3, 0.4) is 0 Å². The Bertz CT molecular complexity index is 2410. The summed E-state index contributed by atoms with van der Waals surface area (Å²) in [5, 5.41) is 4.04. The molecule has 5 aromatic rings. The molecule has 67 heavy (non-hydrogen) atoms. The van der Waals surface area contributed by atoms with Crippen molar-refractivity contribution in [2.24, 2.45) is 5.11 Å². The summed E-state index contributed by atoms with van der Waals surface area (Å²) in [5.41, 5.74) is 12.0. The molecule has 0 N–H and O–H groups in total. The van der Waals surface area contributed by atoms with Crippen molar-refractivity contribution >= 4 is 23.9 Å². The van der Waals surface area contributed by atoms with E-state index < -0.39 is 91.8 Å². The number of azide groups is 1. The van der Waals surface area contributed by atoms with Gasteiger partial charge in [0.2, 0.25) is 0 Å². The van der Waals surface area contributed by atoms with Crippen LogP contribution in [0, 0.1) is 0 Å². The third kappa shape index (κ3) is 12.9. The molecule has 17 heteroatoms. The van der Waals surface area contributed by atoms with Crippen molar-refractivity contribution in [3.05, 3.63) is 190 Å². The largest absolute Gasteiger partial charge is 0.457 e. The first-order chi connectivity index (χ1) is 32.7. The highest BCUT2D eigenvalue weighted by molar-refractivity contribution is 5.91. The number of carbonyl (C=O) groups excluding carboxylic acids is 4. The van der Waals surface area contributed by atoms with Crippen molar-refractivity contribution in [3.63, 3.8) is 0 Å². The average molecular weight is 916 g/mol. The molecule has 10 atom stereocenters. The fraction of sp³-hybridized carbons (Fsp3) is 0.320. The first-order valence-electron chi connectivity index (χ1n) is 21.4. The van der Waals surface area contributed by atoms with Crippen LogP contribution in [0.1, 0.15) is 49.1 Å². The van der Waals surface area contributed by atoms with Crippen molar-refractivity contribution < 1.29 is 66.5 Å². The van der Waals surface area contributed by atoms with Crippen LogP contribution in [-0.2, 0) is 65.4 Å². The summed E-state index contributed by atoms with van der Waals surface area (Å²) >= 11 is 0. The Balaban J connectivity index is 1.23. The van der Waals surface area contributed by atoms with E-state index in [4.69, 9.17) is 47.4 Å². The maximum absolute atomic E-state index is 14.0. The molecule has 0 saturated carbocycles. The molecule has 0 bridgehead atoms. The zero-order chi connectivity index (χ0) is 47.0. The Labute approximate surface area is 386 Å². The highest BCUT2D eigenvalue weighted by atomic mass is 16.7. The Morgan fingerprint density at radius 3 is 1.45 bits per heavy atom. The summed E-state index contributed by atoms with van der Waals surface area (Å²) in [6.07, 6.45) is -12.2. The Kier molecular flexibility index (Phi) is 17.2. The van der Waals surface area contributed by atoms with E-state index in [0.717, 1.165) is 11.1 Å². The highest BCUT2D eigenvalue weighted by Gasteiger charge is 2.55. The topological polar surface area (TPSA) is 209 Å². The van der Waals surface area contributed by atoms with Gasteiger partial charge in [-0.05, 0) is 53.1 Å². The van der Waals surface area contributed by atoms with Crippen LogP contribution in [0.15, 0.2) is 157 Å². The van der Waals surface area contributed by atoms with Gasteiger partial charge in [-0.15, -0.1) is 0 Å². The van der Waals surface area contributed by atoms with E-state index in [9.17, 15) is 24.7 Å². The number of nitrogens with zero attached hydrogens (tertiary/aromatic N) is 3. The van der Waals surface area contributed by atoms with Gasteiger partial charge in [-0.2, -0.15) is 0 Å². The molecule has 2 heterocycles. The molecule has 2 saturated heterocycles. The van der Waals surface area contributed by atoms with Crippen LogP contribution >= 0.6 is 0 Å². The second-order valence-electron chi connectivity index (χ2n) is 15.4. The molecule has 0 spiro atoms. The van der Waals surface area contributed by atoms with E-state index >= 15 is 0 Å². The van der Waals surface area contributed by atoms with Crippen LogP contribution in [0.4, 0.5) is 0 Å². The molecule has 17 nitrogen and oxygen atoms in total. The van der Waals surface area contributed by atoms with Crippen LogP contribution in [0.5, 0.6) is 0 Å². The van der Waals surface area contributed by atoms with Gasteiger partial charge >= 0.3 is 23.9 Å². The lowest BCUT2D eigenvalue weighted by atomic mass is 9.96. The number of rotatable bonds is 19. The van der Waals surface area contributed by atoms with Crippen LogP contribution in [0.25, 0.3) is 10.4 Å². The molecule has 0 aliphatic carbocycles. The molecule has 348 valence electrons. The number of benzene rings is 5. The number of ether oxygens (including phenoxy) is 10. The predicted molar refractivity (Wildman–Crippen MR) is 237 cm³/mol. The normalized spacial score (nSPS) is 24.6. The van der Waals surface area contributed by atoms with Crippen LogP contribution in [-0.4, -0.2) is 106 Å². The van der Waals surface area contributed by atoms with E-state index in [0.29, 0.717) is 0 Å². The Morgan fingerprint density at radius 1 is 0.522 bits per heavy atom. The second kappa shape index (κ2) is 24.0. The van der Waals surface area contributed by atoms with Gasteiger partial charge in [0.15, 0.2) is 37.0 Å². The predicted octanol–water partition coefficient (Wildman–Crippen LogP) is 7.19. The first kappa shape index (κ1) is 48.0. The van der Waals surface area contributed by atoms with E-state index in [-0.39, 0.29) is 36.5 Å². The lowest BCUT2D eigenvalue weighted by molar-refractivity contribution is -0.316. The molecule has 2 aliphatic rings. The summed E-state index contributed by atoms with van der Waals surface area (Å²) in [7, 11) is 1.30. The van der Waals surface area contributed by atoms with E-state index in [2.05, 4.69) is 10.0 Å².